The highest BCUT2D eigenvalue weighted by molar-refractivity contribution is 6.05. The Morgan fingerprint density at radius 2 is 1.19 bits per heavy atom. The molecule has 12 heteroatoms. The van der Waals surface area contributed by atoms with Crippen LogP contribution in [0.4, 0.5) is 43.7 Å². The molecule has 12 nitrogen and oxygen atoms in total. The molecule has 0 radical (unpaired) electrons. The summed E-state index contributed by atoms with van der Waals surface area (Å²) in [5.74, 6) is 0.140. The van der Waals surface area contributed by atoms with Gasteiger partial charge in [-0.2, -0.15) is 0 Å². The number of fused-ring (bicyclic) bond motifs is 4. The predicted octanol–water partition coefficient (Wildman–Crippen LogP) is 9.96. The second-order valence-corrected chi connectivity index (χ2v) is 18.7. The largest absolute Gasteiger partial charge is 0.450 e. The number of carbonyl (C=O) groups excluding carboxylic acids is 4. The van der Waals surface area contributed by atoms with Gasteiger partial charge >= 0.3 is 12.2 Å². The third-order valence-corrected chi connectivity index (χ3v) is 13.7. The second kappa shape index (κ2) is 18.2. The lowest BCUT2D eigenvalue weighted by atomic mass is 9.80. The molecule has 2 fully saturated rings. The van der Waals surface area contributed by atoms with Crippen LogP contribution < -0.4 is 20.4 Å². The first-order valence-electron chi connectivity index (χ1n) is 22.7. The SMILES string of the molecule is CCOC(=O)Nc1ccc2c(c1)N(C(=O)CN1CCC(C3Cc4ccccc4N(C(=O)CN4C(C)(C)CCCC4(C)C)c4cc(NC(=O)OCC)ccc43)C1)c1ccccc1CC2. The molecule has 8 rings (SSSR count). The number of aryl methyl sites for hydroxylation is 2. The Balaban J connectivity index is 1.11. The number of nitrogens with one attached hydrogen (secondary N) is 2. The highest BCUT2D eigenvalue weighted by Crippen LogP contribution is 2.48. The number of rotatable bonds is 9. The summed E-state index contributed by atoms with van der Waals surface area (Å²) >= 11 is 0. The smallest absolute Gasteiger partial charge is 0.411 e. The first kappa shape index (κ1) is 43.9. The van der Waals surface area contributed by atoms with Gasteiger partial charge in [-0.1, -0.05) is 48.5 Å². The Labute approximate surface area is 371 Å². The molecule has 0 spiro atoms. The summed E-state index contributed by atoms with van der Waals surface area (Å²) in [6.07, 6.45) is 5.18. The van der Waals surface area contributed by atoms with Gasteiger partial charge in [0.15, 0.2) is 0 Å². The van der Waals surface area contributed by atoms with Crippen LogP contribution in [-0.4, -0.2) is 84.3 Å². The Morgan fingerprint density at radius 1 is 0.651 bits per heavy atom. The summed E-state index contributed by atoms with van der Waals surface area (Å²) in [5.41, 5.74) is 8.29. The molecule has 4 aliphatic heterocycles. The third-order valence-electron chi connectivity index (χ3n) is 13.7. The van der Waals surface area contributed by atoms with Gasteiger partial charge in [-0.15, -0.1) is 0 Å². The standard InChI is InChI=1S/C51H62N6O6/c1-7-62-48(60)52-38-21-20-35-19-18-34-14-9-11-16-42(34)56(44(35)29-38)46(58)32-54-27-24-37(31-54)41-28-36-15-10-12-17-43(36)57(45-30-39(22-23-40(41)45)53-49(61)63-8-2)47(59)33-55-50(3,4)25-13-26-51(55,5)6/h9-12,14-17,20-23,29-30,37,41H,7-8,13,18-19,24-28,31-33H2,1-6H3,(H,52,60)(H,53,61). The molecule has 332 valence electrons. The normalized spacial score (nSPS) is 20.2. The van der Waals surface area contributed by atoms with Crippen molar-refractivity contribution in [2.24, 2.45) is 5.92 Å². The van der Waals surface area contributed by atoms with Gasteiger partial charge in [0, 0.05) is 29.0 Å². The Hall–Kier alpha value is -5.72. The topological polar surface area (TPSA) is 124 Å². The Bertz CT molecular complexity index is 2360. The van der Waals surface area contributed by atoms with Crippen molar-refractivity contribution in [3.05, 3.63) is 107 Å². The van der Waals surface area contributed by atoms with Gasteiger partial charge in [0.05, 0.1) is 49.1 Å². The molecule has 0 bridgehead atoms. The maximum atomic E-state index is 15.1. The number of hydrogen-bond acceptors (Lipinski definition) is 8. The van der Waals surface area contributed by atoms with E-state index in [0.717, 1.165) is 90.1 Å². The molecule has 4 aliphatic rings. The molecule has 4 aromatic rings. The molecular weight excluding hydrogens is 793 g/mol. The van der Waals surface area contributed by atoms with Crippen molar-refractivity contribution in [2.75, 3.05) is 59.8 Å². The Morgan fingerprint density at radius 3 is 1.84 bits per heavy atom. The van der Waals surface area contributed by atoms with Crippen molar-refractivity contribution in [1.82, 2.24) is 9.80 Å². The number of carbonyl (C=O) groups is 4. The highest BCUT2D eigenvalue weighted by Gasteiger charge is 2.44. The monoisotopic (exact) mass is 854 g/mol. The minimum Gasteiger partial charge on any atom is -0.450 e. The average molecular weight is 855 g/mol. The molecule has 0 saturated carbocycles. The van der Waals surface area contributed by atoms with E-state index in [2.05, 4.69) is 66.3 Å². The average Bonchev–Trinajstić information content (AvgIpc) is 3.56. The summed E-state index contributed by atoms with van der Waals surface area (Å²) < 4.78 is 10.4. The van der Waals surface area contributed by atoms with Crippen molar-refractivity contribution in [2.45, 2.75) is 103 Å². The zero-order valence-electron chi connectivity index (χ0n) is 37.7. The van der Waals surface area contributed by atoms with Crippen molar-refractivity contribution < 1.29 is 28.7 Å². The molecule has 4 heterocycles. The molecule has 4 aromatic carbocycles. The van der Waals surface area contributed by atoms with Crippen molar-refractivity contribution in [1.29, 1.82) is 0 Å². The zero-order chi connectivity index (χ0) is 44.5. The van der Waals surface area contributed by atoms with Crippen LogP contribution in [0.25, 0.3) is 0 Å². The van der Waals surface area contributed by atoms with E-state index in [9.17, 15) is 14.4 Å². The van der Waals surface area contributed by atoms with Crippen LogP contribution in [0.2, 0.25) is 0 Å². The van der Waals surface area contributed by atoms with Gasteiger partial charge in [0.1, 0.15) is 0 Å². The van der Waals surface area contributed by atoms with Crippen LogP contribution in [0.15, 0.2) is 84.9 Å². The van der Waals surface area contributed by atoms with Crippen LogP contribution in [0.3, 0.4) is 0 Å². The van der Waals surface area contributed by atoms with Crippen molar-refractivity contribution in [3.8, 4) is 0 Å². The number of amides is 4. The van der Waals surface area contributed by atoms with E-state index in [1.807, 2.05) is 76.5 Å². The molecule has 2 saturated heterocycles. The maximum absolute atomic E-state index is 15.1. The van der Waals surface area contributed by atoms with Crippen molar-refractivity contribution in [3.63, 3.8) is 0 Å². The van der Waals surface area contributed by atoms with Crippen LogP contribution in [-0.2, 0) is 38.3 Å². The van der Waals surface area contributed by atoms with E-state index in [0.29, 0.717) is 24.3 Å². The van der Waals surface area contributed by atoms with Crippen LogP contribution >= 0.6 is 0 Å². The third kappa shape index (κ3) is 9.20. The van der Waals surface area contributed by atoms with Crippen molar-refractivity contribution >= 4 is 58.1 Å². The number of ether oxygens (including phenoxy) is 2. The summed E-state index contributed by atoms with van der Waals surface area (Å²) in [6, 6.07) is 27.9. The minimum absolute atomic E-state index is 0.0158. The zero-order valence-corrected chi connectivity index (χ0v) is 37.7. The van der Waals surface area contributed by atoms with Gasteiger partial charge in [-0.3, -0.25) is 39.8 Å². The molecule has 0 aromatic heterocycles. The fourth-order valence-electron chi connectivity index (χ4n) is 10.7. The van der Waals surface area contributed by atoms with Crippen LogP contribution in [0.5, 0.6) is 0 Å². The fraction of sp³-hybridized carbons (Fsp3) is 0.451. The summed E-state index contributed by atoms with van der Waals surface area (Å²) in [4.78, 5) is 63.4. The fourth-order valence-corrected chi connectivity index (χ4v) is 10.7. The van der Waals surface area contributed by atoms with Crippen LogP contribution in [0, 0.1) is 5.92 Å². The number of hydrogen-bond donors (Lipinski definition) is 2. The van der Waals surface area contributed by atoms with Crippen LogP contribution in [0.1, 0.15) is 95.4 Å². The first-order chi connectivity index (χ1) is 30.3. The maximum Gasteiger partial charge on any atom is 0.411 e. The minimum atomic E-state index is -0.546. The first-order valence-corrected chi connectivity index (χ1v) is 22.7. The van der Waals surface area contributed by atoms with Gasteiger partial charge < -0.3 is 9.47 Å². The number of benzene rings is 4. The summed E-state index contributed by atoms with van der Waals surface area (Å²) in [6.45, 7) is 14.9. The highest BCUT2D eigenvalue weighted by atomic mass is 16.6. The molecule has 2 unspecified atom stereocenters. The van der Waals surface area contributed by atoms with Gasteiger partial charge in [0.25, 0.3) is 0 Å². The van der Waals surface area contributed by atoms with E-state index in [-0.39, 0.29) is 61.0 Å². The van der Waals surface area contributed by atoms with E-state index >= 15 is 4.79 Å². The second-order valence-electron chi connectivity index (χ2n) is 18.7. The van der Waals surface area contributed by atoms with Gasteiger partial charge in [-0.05, 0) is 164 Å². The number of likely N-dealkylation sites (tertiary alicyclic amines) is 2. The number of nitrogens with zero attached hydrogens (tertiary/aromatic N) is 4. The van der Waals surface area contributed by atoms with E-state index in [4.69, 9.17) is 9.47 Å². The Kier molecular flexibility index (Phi) is 12.7. The molecule has 2 atom stereocenters. The summed E-state index contributed by atoms with van der Waals surface area (Å²) in [5, 5.41) is 5.72. The molecule has 63 heavy (non-hydrogen) atoms. The number of anilines is 6. The summed E-state index contributed by atoms with van der Waals surface area (Å²) in [7, 11) is 0. The molecule has 0 aliphatic carbocycles. The molecular formula is C51H62N6O6. The number of para-hydroxylation sites is 2. The number of piperidine rings is 1. The van der Waals surface area contributed by atoms with Gasteiger partial charge in [0.2, 0.25) is 11.8 Å². The lowest BCUT2D eigenvalue weighted by molar-refractivity contribution is -0.125. The molecule has 2 N–H and O–H groups in total. The van der Waals surface area contributed by atoms with E-state index in [1.54, 1.807) is 13.8 Å². The van der Waals surface area contributed by atoms with E-state index < -0.39 is 12.2 Å². The lowest BCUT2D eigenvalue weighted by Gasteiger charge is -2.53. The quantitative estimate of drug-likeness (QED) is 0.171. The lowest BCUT2D eigenvalue weighted by Crippen LogP contribution is -2.61. The van der Waals surface area contributed by atoms with E-state index in [1.165, 1.54) is 0 Å². The van der Waals surface area contributed by atoms with Gasteiger partial charge in [-0.25, -0.2) is 9.59 Å². The molecule has 4 amide bonds. The predicted molar refractivity (Wildman–Crippen MR) is 248 cm³/mol.